The number of halogens is 3. The Kier molecular flexibility index (Phi) is 4.22. The molecule has 2 N–H and O–H groups in total. The first kappa shape index (κ1) is 16.6. The molecule has 1 heterocycles. The third kappa shape index (κ3) is 4.00. The number of alkyl halides is 3. The topological polar surface area (TPSA) is 80.2 Å². The van der Waals surface area contributed by atoms with Crippen LogP contribution in [0, 0.1) is 0 Å². The molecule has 130 valence electrons. The monoisotopic (exact) mass is 352 g/mol. The number of hydrazone groups is 1. The van der Waals surface area contributed by atoms with E-state index in [9.17, 15) is 18.0 Å². The lowest BCUT2D eigenvalue weighted by Gasteiger charge is -2.13. The average Bonchev–Trinajstić information content (AvgIpc) is 3.04. The molecule has 0 fully saturated rings. The third-order valence-corrected chi connectivity index (χ3v) is 3.29. The van der Waals surface area contributed by atoms with Crippen molar-refractivity contribution in [2.45, 2.75) is 12.6 Å². The lowest BCUT2D eigenvalue weighted by atomic mass is 10.1. The van der Waals surface area contributed by atoms with E-state index in [-0.39, 0.29) is 17.2 Å². The quantitative estimate of drug-likeness (QED) is 0.883. The van der Waals surface area contributed by atoms with Gasteiger partial charge in [0.05, 0.1) is 5.56 Å². The van der Waals surface area contributed by atoms with E-state index in [1.165, 1.54) is 24.3 Å². The molecule has 2 aromatic carbocycles. The fourth-order valence-electron chi connectivity index (χ4n) is 2.19. The maximum Gasteiger partial charge on any atom is 0.573 e. The molecule has 2 aromatic rings. The van der Waals surface area contributed by atoms with Crippen molar-refractivity contribution in [2.75, 3.05) is 0 Å². The molecular formula is C16H11F3N2O4. The number of carbonyl (C=O) groups is 1. The summed E-state index contributed by atoms with van der Waals surface area (Å²) in [5.41, 5.74) is 3.77. The Hall–Kier alpha value is -3.23. The number of hydrogen-bond acceptors (Lipinski definition) is 5. The Morgan fingerprint density at radius 3 is 2.56 bits per heavy atom. The number of aromatic carboxylic acids is 1. The van der Waals surface area contributed by atoms with Crippen molar-refractivity contribution >= 4 is 11.9 Å². The van der Waals surface area contributed by atoms with Gasteiger partial charge < -0.3 is 14.6 Å². The second-order valence-corrected chi connectivity index (χ2v) is 5.05. The van der Waals surface area contributed by atoms with Crippen molar-refractivity contribution in [3.63, 3.8) is 0 Å². The highest BCUT2D eigenvalue weighted by atomic mass is 19.4. The molecule has 3 rings (SSSR count). The van der Waals surface area contributed by atoms with Crippen LogP contribution in [-0.2, 0) is 4.74 Å². The summed E-state index contributed by atoms with van der Waals surface area (Å²) in [5, 5.41) is 13.0. The van der Waals surface area contributed by atoms with Gasteiger partial charge >= 0.3 is 12.3 Å². The van der Waals surface area contributed by atoms with E-state index in [0.29, 0.717) is 11.1 Å². The van der Waals surface area contributed by atoms with Crippen molar-refractivity contribution in [3.8, 4) is 5.75 Å². The number of rotatable bonds is 4. The zero-order valence-electron chi connectivity index (χ0n) is 12.4. The molecule has 0 bridgehead atoms. The van der Waals surface area contributed by atoms with E-state index < -0.39 is 18.6 Å². The molecule has 1 atom stereocenters. The van der Waals surface area contributed by atoms with Crippen LogP contribution >= 0.6 is 0 Å². The van der Waals surface area contributed by atoms with Crippen molar-refractivity contribution in [2.24, 2.45) is 5.10 Å². The predicted octanol–water partition coefficient (Wildman–Crippen LogP) is 3.26. The fraction of sp³-hybridized carbons (Fsp3) is 0.125. The number of carboxylic acid groups (broad SMARTS) is 1. The van der Waals surface area contributed by atoms with Gasteiger partial charge in [0.1, 0.15) is 5.75 Å². The van der Waals surface area contributed by atoms with E-state index in [2.05, 4.69) is 15.3 Å². The van der Waals surface area contributed by atoms with Crippen molar-refractivity contribution in [1.29, 1.82) is 0 Å². The van der Waals surface area contributed by atoms with Crippen molar-refractivity contribution in [3.05, 3.63) is 65.2 Å². The van der Waals surface area contributed by atoms with Gasteiger partial charge in [-0.1, -0.05) is 6.07 Å². The third-order valence-electron chi connectivity index (χ3n) is 3.29. The molecular weight excluding hydrogens is 341 g/mol. The average molecular weight is 352 g/mol. The van der Waals surface area contributed by atoms with Crippen LogP contribution in [0.15, 0.2) is 53.6 Å². The van der Waals surface area contributed by atoms with Crippen LogP contribution in [0.5, 0.6) is 5.75 Å². The number of hydrogen-bond donors (Lipinski definition) is 2. The zero-order chi connectivity index (χ0) is 18.0. The molecule has 1 aliphatic rings. The highest BCUT2D eigenvalue weighted by Crippen LogP contribution is 2.27. The number of benzene rings is 2. The van der Waals surface area contributed by atoms with Gasteiger partial charge in [-0.05, 0) is 42.5 Å². The molecule has 1 unspecified atom stereocenters. The first-order valence-corrected chi connectivity index (χ1v) is 7.01. The fourth-order valence-corrected chi connectivity index (χ4v) is 2.19. The molecule has 0 radical (unpaired) electrons. The number of ether oxygens (including phenoxy) is 2. The summed E-state index contributed by atoms with van der Waals surface area (Å²) in [4.78, 5) is 11.0. The second-order valence-electron chi connectivity index (χ2n) is 5.05. The number of nitrogens with one attached hydrogen (secondary N) is 1. The highest BCUT2D eigenvalue weighted by Gasteiger charge is 2.31. The molecule has 6 nitrogen and oxygen atoms in total. The van der Waals surface area contributed by atoms with Crippen LogP contribution < -0.4 is 10.2 Å². The Balaban J connectivity index is 1.70. The zero-order valence-corrected chi connectivity index (χ0v) is 12.4. The first-order chi connectivity index (χ1) is 11.8. The summed E-state index contributed by atoms with van der Waals surface area (Å²) >= 11 is 0. The van der Waals surface area contributed by atoms with Gasteiger partial charge in [-0.25, -0.2) is 4.79 Å². The van der Waals surface area contributed by atoms with Gasteiger partial charge in [0.2, 0.25) is 12.1 Å². The predicted molar refractivity (Wildman–Crippen MR) is 80.0 cm³/mol. The SMILES string of the molecule is O=C(O)c1cccc(C2=NNC(c3ccc(OC(F)(F)F)cc3)O2)c1. The maximum atomic E-state index is 12.2. The maximum absolute atomic E-state index is 12.2. The van der Waals surface area contributed by atoms with Gasteiger partial charge in [0.15, 0.2) is 0 Å². The van der Waals surface area contributed by atoms with Gasteiger partial charge in [0.25, 0.3) is 0 Å². The van der Waals surface area contributed by atoms with Crippen molar-refractivity contribution < 1.29 is 32.5 Å². The molecule has 0 saturated heterocycles. The summed E-state index contributed by atoms with van der Waals surface area (Å²) in [5.74, 6) is -1.24. The first-order valence-electron chi connectivity index (χ1n) is 7.01. The Morgan fingerprint density at radius 2 is 1.92 bits per heavy atom. The van der Waals surface area contributed by atoms with Gasteiger partial charge in [0, 0.05) is 11.1 Å². The van der Waals surface area contributed by atoms with E-state index in [0.717, 1.165) is 12.1 Å². The summed E-state index contributed by atoms with van der Waals surface area (Å²) in [6.07, 6.45) is -5.46. The lowest BCUT2D eigenvalue weighted by Crippen LogP contribution is -2.17. The lowest BCUT2D eigenvalue weighted by molar-refractivity contribution is -0.274. The molecule has 0 saturated carbocycles. The van der Waals surface area contributed by atoms with E-state index in [1.54, 1.807) is 12.1 Å². The summed E-state index contributed by atoms with van der Waals surface area (Å²) in [7, 11) is 0. The standard InChI is InChI=1S/C16H11F3N2O4/c17-16(18,19)25-12-6-4-9(5-7-12)13-20-21-14(24-13)10-2-1-3-11(8-10)15(22)23/h1-8,13,20H,(H,22,23). The summed E-state index contributed by atoms with van der Waals surface area (Å²) in [6, 6.07) is 11.2. The van der Waals surface area contributed by atoms with Gasteiger partial charge in [-0.3, -0.25) is 5.43 Å². The molecule has 0 spiro atoms. The minimum atomic E-state index is -4.75. The summed E-state index contributed by atoms with van der Waals surface area (Å²) < 4.78 is 45.8. The van der Waals surface area contributed by atoms with Crippen LogP contribution in [-0.4, -0.2) is 23.3 Å². The number of carboxylic acids is 1. The highest BCUT2D eigenvalue weighted by molar-refractivity contribution is 5.97. The minimum Gasteiger partial charge on any atom is -0.478 e. The summed E-state index contributed by atoms with van der Waals surface area (Å²) in [6.45, 7) is 0. The molecule has 0 aliphatic carbocycles. The molecule has 9 heteroatoms. The second kappa shape index (κ2) is 6.34. The molecule has 25 heavy (non-hydrogen) atoms. The normalized spacial score (nSPS) is 16.6. The Labute approximate surface area is 139 Å². The molecule has 0 amide bonds. The van der Waals surface area contributed by atoms with Crippen LogP contribution in [0.25, 0.3) is 0 Å². The van der Waals surface area contributed by atoms with E-state index >= 15 is 0 Å². The van der Waals surface area contributed by atoms with Crippen LogP contribution in [0.1, 0.15) is 27.7 Å². The Bertz CT molecular complexity index is 819. The smallest absolute Gasteiger partial charge is 0.478 e. The number of nitrogens with zero attached hydrogens (tertiary/aromatic N) is 1. The largest absolute Gasteiger partial charge is 0.573 e. The van der Waals surface area contributed by atoms with Gasteiger partial charge in [-0.15, -0.1) is 18.3 Å². The molecule has 0 aromatic heterocycles. The van der Waals surface area contributed by atoms with Crippen molar-refractivity contribution in [1.82, 2.24) is 5.43 Å². The van der Waals surface area contributed by atoms with Crippen LogP contribution in [0.4, 0.5) is 13.2 Å². The van der Waals surface area contributed by atoms with Gasteiger partial charge in [-0.2, -0.15) is 0 Å². The Morgan fingerprint density at radius 1 is 1.20 bits per heavy atom. The van der Waals surface area contributed by atoms with Crippen LogP contribution in [0.3, 0.4) is 0 Å². The van der Waals surface area contributed by atoms with Crippen LogP contribution in [0.2, 0.25) is 0 Å². The van der Waals surface area contributed by atoms with E-state index in [4.69, 9.17) is 9.84 Å². The minimum absolute atomic E-state index is 0.0842. The molecule has 1 aliphatic heterocycles. The van der Waals surface area contributed by atoms with E-state index in [1.807, 2.05) is 0 Å².